The normalized spacial score (nSPS) is 15.5. The fourth-order valence-corrected chi connectivity index (χ4v) is 4.77. The molecule has 1 aliphatic heterocycles. The number of carbonyl (C=O) groups is 2. The molecule has 10 nitrogen and oxygen atoms in total. The van der Waals surface area contributed by atoms with Crippen molar-refractivity contribution >= 4 is 29.1 Å². The highest BCUT2D eigenvalue weighted by Gasteiger charge is 2.41. The summed E-state index contributed by atoms with van der Waals surface area (Å²) in [6.45, 7) is 1.70. The Morgan fingerprint density at radius 1 is 1.00 bits per heavy atom. The summed E-state index contributed by atoms with van der Waals surface area (Å²) in [7, 11) is 3.47. The van der Waals surface area contributed by atoms with Gasteiger partial charge in [0, 0.05) is 20.6 Å². The predicted octanol–water partition coefficient (Wildman–Crippen LogP) is 4.51. The number of nitrogens with zero attached hydrogens (tertiary/aromatic N) is 3. The number of imide groups is 1. The molecule has 1 fully saturated rings. The van der Waals surface area contributed by atoms with Crippen molar-refractivity contribution in [2.75, 3.05) is 52.0 Å². The van der Waals surface area contributed by atoms with Crippen LogP contribution in [0.3, 0.4) is 0 Å². The Morgan fingerprint density at radius 3 is 2.52 bits per heavy atom. The average molecular weight is 574 g/mol. The minimum Gasteiger partial charge on any atom is -0.492 e. The van der Waals surface area contributed by atoms with Gasteiger partial charge in [0.1, 0.15) is 30.6 Å². The monoisotopic (exact) mass is 573 g/mol. The first kappa shape index (κ1) is 29.1. The maximum atomic E-state index is 13.6. The molecule has 10 heteroatoms. The zero-order chi connectivity index (χ0) is 29.3. The SMILES string of the molecule is COCCO[C@@H](Cc1ccc(OCCN(C)c2nc3ccccc3o2)cc1)C(=O)N1C(=O)OCC1Cc1ccccc1. The molecule has 1 aliphatic rings. The van der Waals surface area contributed by atoms with E-state index in [1.54, 1.807) is 7.11 Å². The highest BCUT2D eigenvalue weighted by molar-refractivity contribution is 5.96. The van der Waals surface area contributed by atoms with E-state index in [4.69, 9.17) is 23.4 Å². The van der Waals surface area contributed by atoms with Crippen LogP contribution < -0.4 is 9.64 Å². The molecule has 0 N–H and O–H groups in total. The molecule has 3 aromatic carbocycles. The third kappa shape index (κ3) is 7.26. The third-order valence-electron chi connectivity index (χ3n) is 7.04. The number of hydrogen-bond donors (Lipinski definition) is 0. The summed E-state index contributed by atoms with van der Waals surface area (Å²) in [6, 6.07) is 25.0. The summed E-state index contributed by atoms with van der Waals surface area (Å²) in [6.07, 6.45) is -0.726. The van der Waals surface area contributed by atoms with Crippen molar-refractivity contribution in [1.29, 1.82) is 0 Å². The molecule has 0 radical (unpaired) electrons. The standard InChI is InChI=1S/C32H35N3O7/c1-34(31-33-27-10-6-7-11-28(27)42-31)16-17-39-26-14-12-24(13-15-26)21-29(40-19-18-38-2)30(36)35-25(22-41-32(35)37)20-23-8-4-3-5-9-23/h3-15,25,29H,16-22H2,1-2H3/t25?,29-/m0/s1. The number of ether oxygens (including phenoxy) is 4. The van der Waals surface area contributed by atoms with E-state index in [-0.39, 0.29) is 19.6 Å². The number of rotatable bonds is 14. The number of hydrogen-bond acceptors (Lipinski definition) is 9. The van der Waals surface area contributed by atoms with E-state index in [0.717, 1.165) is 22.2 Å². The fourth-order valence-electron chi connectivity index (χ4n) is 4.77. The van der Waals surface area contributed by atoms with Gasteiger partial charge >= 0.3 is 6.09 Å². The largest absolute Gasteiger partial charge is 0.492 e. The number of likely N-dealkylation sites (N-methyl/N-ethyl adjacent to an activating group) is 1. The molecule has 2 atom stereocenters. The molecule has 0 aliphatic carbocycles. The van der Waals surface area contributed by atoms with Crippen molar-refractivity contribution in [3.05, 3.63) is 90.0 Å². The summed E-state index contributed by atoms with van der Waals surface area (Å²) in [5.41, 5.74) is 3.44. The Kier molecular flexibility index (Phi) is 9.68. The topological polar surface area (TPSA) is 104 Å². The van der Waals surface area contributed by atoms with Crippen LogP contribution in [-0.4, -0.2) is 81.2 Å². The van der Waals surface area contributed by atoms with Crippen LogP contribution in [0.5, 0.6) is 5.75 Å². The van der Waals surface area contributed by atoms with Gasteiger partial charge in [-0.05, 0) is 41.8 Å². The first-order chi connectivity index (χ1) is 20.5. The number of methoxy groups -OCH3 is 1. The summed E-state index contributed by atoms with van der Waals surface area (Å²) in [5.74, 6) is 0.274. The minimum atomic E-state index is -0.874. The first-order valence-electron chi connectivity index (χ1n) is 13.9. The number of benzene rings is 3. The number of cyclic esters (lactones) is 1. The van der Waals surface area contributed by atoms with Gasteiger partial charge in [0.05, 0.1) is 25.8 Å². The number of carbonyl (C=O) groups excluding carboxylic acids is 2. The quantitative estimate of drug-likeness (QED) is 0.202. The second kappa shape index (κ2) is 14.0. The van der Waals surface area contributed by atoms with Crippen molar-refractivity contribution in [2.24, 2.45) is 0 Å². The van der Waals surface area contributed by atoms with Crippen molar-refractivity contribution in [1.82, 2.24) is 9.88 Å². The lowest BCUT2D eigenvalue weighted by Gasteiger charge is -2.25. The molecule has 42 heavy (non-hydrogen) atoms. The van der Waals surface area contributed by atoms with Crippen LogP contribution >= 0.6 is 0 Å². The Balaban J connectivity index is 1.18. The van der Waals surface area contributed by atoms with E-state index in [1.807, 2.05) is 90.8 Å². The number of para-hydroxylation sites is 2. The van der Waals surface area contributed by atoms with E-state index in [9.17, 15) is 9.59 Å². The van der Waals surface area contributed by atoms with Gasteiger partial charge in [0.2, 0.25) is 0 Å². The van der Waals surface area contributed by atoms with Gasteiger partial charge in [-0.25, -0.2) is 9.69 Å². The van der Waals surface area contributed by atoms with Crippen molar-refractivity contribution in [3.8, 4) is 5.75 Å². The second-order valence-corrected chi connectivity index (χ2v) is 10.1. The van der Waals surface area contributed by atoms with Gasteiger partial charge in [0.25, 0.3) is 11.9 Å². The van der Waals surface area contributed by atoms with Crippen LogP contribution in [-0.2, 0) is 31.8 Å². The summed E-state index contributed by atoms with van der Waals surface area (Å²) >= 11 is 0. The van der Waals surface area contributed by atoms with Crippen LogP contribution in [0, 0.1) is 0 Å². The van der Waals surface area contributed by atoms with Crippen molar-refractivity contribution in [3.63, 3.8) is 0 Å². The maximum absolute atomic E-state index is 13.6. The number of fused-ring (bicyclic) bond motifs is 1. The first-order valence-corrected chi connectivity index (χ1v) is 13.9. The second-order valence-electron chi connectivity index (χ2n) is 10.1. The van der Waals surface area contributed by atoms with Crippen molar-refractivity contribution < 1.29 is 33.0 Å². The summed E-state index contributed by atoms with van der Waals surface area (Å²) in [5, 5.41) is 0. The Labute approximate surface area is 244 Å². The molecule has 0 bridgehead atoms. The third-order valence-corrected chi connectivity index (χ3v) is 7.04. The zero-order valence-electron chi connectivity index (χ0n) is 23.8. The smallest absolute Gasteiger partial charge is 0.417 e. The predicted molar refractivity (Wildman–Crippen MR) is 157 cm³/mol. The highest BCUT2D eigenvalue weighted by Crippen LogP contribution is 2.23. The van der Waals surface area contributed by atoms with Gasteiger partial charge in [-0.3, -0.25) is 4.79 Å². The average Bonchev–Trinajstić information content (AvgIpc) is 3.61. The lowest BCUT2D eigenvalue weighted by Crippen LogP contribution is -2.47. The van der Waals surface area contributed by atoms with E-state index in [1.165, 1.54) is 4.90 Å². The van der Waals surface area contributed by atoms with Crippen LogP contribution in [0.25, 0.3) is 11.1 Å². The van der Waals surface area contributed by atoms with E-state index < -0.39 is 24.1 Å². The summed E-state index contributed by atoms with van der Waals surface area (Å²) < 4.78 is 28.0. The number of anilines is 1. The zero-order valence-corrected chi connectivity index (χ0v) is 23.8. The molecule has 2 heterocycles. The van der Waals surface area contributed by atoms with Crippen LogP contribution in [0.1, 0.15) is 11.1 Å². The molecule has 1 aromatic heterocycles. The van der Waals surface area contributed by atoms with Crippen LogP contribution in [0.15, 0.2) is 83.3 Å². The molecular weight excluding hydrogens is 538 g/mol. The molecule has 4 aromatic rings. The molecule has 5 rings (SSSR count). The molecule has 1 saturated heterocycles. The molecule has 1 unspecified atom stereocenters. The number of oxazole rings is 1. The van der Waals surface area contributed by atoms with Gasteiger partial charge < -0.3 is 28.3 Å². The Hall–Kier alpha value is -4.41. The molecule has 0 saturated carbocycles. The lowest BCUT2D eigenvalue weighted by molar-refractivity contribution is -0.142. The van der Waals surface area contributed by atoms with Gasteiger partial charge in [-0.2, -0.15) is 4.98 Å². The van der Waals surface area contributed by atoms with Gasteiger partial charge in [-0.1, -0.05) is 54.6 Å². The highest BCUT2D eigenvalue weighted by atomic mass is 16.6. The molecule has 220 valence electrons. The molecule has 0 spiro atoms. The van der Waals surface area contributed by atoms with E-state index >= 15 is 0 Å². The number of amides is 2. The molecule has 2 amide bonds. The van der Waals surface area contributed by atoms with Gasteiger partial charge in [0.15, 0.2) is 5.58 Å². The number of aromatic nitrogens is 1. The maximum Gasteiger partial charge on any atom is 0.417 e. The Bertz CT molecular complexity index is 1430. The van der Waals surface area contributed by atoms with Gasteiger partial charge in [-0.15, -0.1) is 0 Å². The van der Waals surface area contributed by atoms with E-state index in [2.05, 4.69) is 4.98 Å². The van der Waals surface area contributed by atoms with Crippen LogP contribution in [0.2, 0.25) is 0 Å². The Morgan fingerprint density at radius 2 is 1.76 bits per heavy atom. The van der Waals surface area contributed by atoms with E-state index in [0.29, 0.717) is 37.9 Å². The minimum absolute atomic E-state index is 0.151. The van der Waals surface area contributed by atoms with Crippen molar-refractivity contribution in [2.45, 2.75) is 25.0 Å². The fraction of sp³-hybridized carbons (Fsp3) is 0.344. The van der Waals surface area contributed by atoms with Crippen LogP contribution in [0.4, 0.5) is 10.8 Å². The molecular formula is C32H35N3O7. The lowest BCUT2D eigenvalue weighted by atomic mass is 10.0. The summed E-state index contributed by atoms with van der Waals surface area (Å²) in [4.78, 5) is 33.8.